The minimum Gasteiger partial charge on any atom is -0.354 e. The van der Waals surface area contributed by atoms with Crippen LogP contribution in [-0.2, 0) is 4.79 Å². The normalized spacial score (nSPS) is 14.1. The standard InChI is InChI=1S/C12H24ClNO/c1-6-9(7-2)10(13)8-14-11(15)12(3,4)5/h9-10H,6-8H2,1-5H3,(H,14,15). The molecule has 1 N–H and O–H groups in total. The number of carbonyl (C=O) groups is 1. The van der Waals surface area contributed by atoms with E-state index in [0.29, 0.717) is 12.5 Å². The molecule has 0 saturated carbocycles. The van der Waals surface area contributed by atoms with Gasteiger partial charge in [0.2, 0.25) is 5.91 Å². The quantitative estimate of drug-likeness (QED) is 0.726. The summed E-state index contributed by atoms with van der Waals surface area (Å²) in [4.78, 5) is 11.6. The molecule has 0 aromatic carbocycles. The van der Waals surface area contributed by atoms with E-state index in [1.165, 1.54) is 0 Å². The second-order valence-electron chi connectivity index (χ2n) is 5.05. The van der Waals surface area contributed by atoms with E-state index in [2.05, 4.69) is 19.2 Å². The van der Waals surface area contributed by atoms with Gasteiger partial charge < -0.3 is 5.32 Å². The fraction of sp³-hybridized carbons (Fsp3) is 0.917. The zero-order valence-corrected chi connectivity index (χ0v) is 11.3. The van der Waals surface area contributed by atoms with Crippen LogP contribution in [0.25, 0.3) is 0 Å². The minimum absolute atomic E-state index is 0.0475. The molecule has 0 saturated heterocycles. The van der Waals surface area contributed by atoms with Crippen LogP contribution < -0.4 is 5.32 Å². The molecule has 0 rings (SSSR count). The molecular formula is C12H24ClNO. The SMILES string of the molecule is CCC(CC)C(Cl)CNC(=O)C(C)(C)C. The number of hydrogen-bond donors (Lipinski definition) is 1. The first-order valence-corrected chi connectivity index (χ1v) is 6.18. The number of halogens is 1. The number of nitrogens with one attached hydrogen (secondary N) is 1. The van der Waals surface area contributed by atoms with Crippen LogP contribution in [0.5, 0.6) is 0 Å². The highest BCUT2D eigenvalue weighted by atomic mass is 35.5. The van der Waals surface area contributed by atoms with E-state index in [1.54, 1.807) is 0 Å². The summed E-state index contributed by atoms with van der Waals surface area (Å²) >= 11 is 6.23. The number of hydrogen-bond acceptors (Lipinski definition) is 1. The van der Waals surface area contributed by atoms with Gasteiger partial charge in [0.1, 0.15) is 0 Å². The fourth-order valence-corrected chi connectivity index (χ4v) is 1.86. The summed E-state index contributed by atoms with van der Waals surface area (Å²) in [6, 6.07) is 0. The Bertz CT molecular complexity index is 194. The average Bonchev–Trinajstić information content (AvgIpc) is 2.14. The van der Waals surface area contributed by atoms with Crippen molar-refractivity contribution in [3.8, 4) is 0 Å². The first-order valence-electron chi connectivity index (χ1n) is 5.75. The zero-order valence-electron chi connectivity index (χ0n) is 10.6. The van der Waals surface area contributed by atoms with E-state index >= 15 is 0 Å². The Morgan fingerprint density at radius 2 is 1.73 bits per heavy atom. The summed E-state index contributed by atoms with van der Waals surface area (Å²) < 4.78 is 0. The van der Waals surface area contributed by atoms with Gasteiger partial charge in [0, 0.05) is 12.0 Å². The van der Waals surface area contributed by atoms with Gasteiger partial charge in [-0.15, -0.1) is 11.6 Å². The molecule has 0 spiro atoms. The van der Waals surface area contributed by atoms with Gasteiger partial charge in [-0.25, -0.2) is 0 Å². The molecule has 2 nitrogen and oxygen atoms in total. The molecular weight excluding hydrogens is 210 g/mol. The van der Waals surface area contributed by atoms with Gasteiger partial charge in [-0.2, -0.15) is 0 Å². The van der Waals surface area contributed by atoms with E-state index in [-0.39, 0.29) is 16.7 Å². The molecule has 0 aliphatic carbocycles. The van der Waals surface area contributed by atoms with Gasteiger partial charge in [-0.1, -0.05) is 47.5 Å². The van der Waals surface area contributed by atoms with Gasteiger partial charge in [-0.3, -0.25) is 4.79 Å². The lowest BCUT2D eigenvalue weighted by Crippen LogP contribution is -2.39. The molecule has 1 amide bonds. The van der Waals surface area contributed by atoms with Crippen molar-refractivity contribution in [1.29, 1.82) is 0 Å². The minimum atomic E-state index is -0.329. The van der Waals surface area contributed by atoms with Crippen molar-refractivity contribution >= 4 is 17.5 Å². The maximum atomic E-state index is 11.6. The Labute approximate surface area is 98.8 Å². The summed E-state index contributed by atoms with van der Waals surface area (Å²) in [5.41, 5.74) is -0.329. The summed E-state index contributed by atoms with van der Waals surface area (Å²) in [6.07, 6.45) is 2.13. The lowest BCUT2D eigenvalue weighted by molar-refractivity contribution is -0.128. The van der Waals surface area contributed by atoms with Gasteiger partial charge in [-0.05, 0) is 5.92 Å². The average molecular weight is 234 g/mol. The maximum absolute atomic E-state index is 11.6. The van der Waals surface area contributed by atoms with E-state index in [1.807, 2.05) is 20.8 Å². The highest BCUT2D eigenvalue weighted by molar-refractivity contribution is 6.21. The van der Waals surface area contributed by atoms with Crippen molar-refractivity contribution < 1.29 is 4.79 Å². The van der Waals surface area contributed by atoms with Crippen LogP contribution in [-0.4, -0.2) is 17.8 Å². The number of carbonyl (C=O) groups excluding carboxylic acids is 1. The predicted molar refractivity (Wildman–Crippen MR) is 66.2 cm³/mol. The van der Waals surface area contributed by atoms with Crippen LogP contribution in [0, 0.1) is 11.3 Å². The van der Waals surface area contributed by atoms with Crippen molar-refractivity contribution in [1.82, 2.24) is 5.32 Å². The fourth-order valence-electron chi connectivity index (χ4n) is 1.42. The maximum Gasteiger partial charge on any atom is 0.225 e. The Morgan fingerprint density at radius 1 is 1.27 bits per heavy atom. The molecule has 0 aliphatic rings. The Hall–Kier alpha value is -0.240. The molecule has 1 unspecified atom stereocenters. The second-order valence-corrected chi connectivity index (χ2v) is 5.61. The second kappa shape index (κ2) is 6.37. The molecule has 0 aromatic heterocycles. The number of amides is 1. The Balaban J connectivity index is 4.00. The highest BCUT2D eigenvalue weighted by Gasteiger charge is 2.23. The summed E-state index contributed by atoms with van der Waals surface area (Å²) in [6.45, 7) is 10.6. The lowest BCUT2D eigenvalue weighted by atomic mass is 9.95. The summed E-state index contributed by atoms with van der Waals surface area (Å²) in [5, 5.41) is 2.95. The third-order valence-corrected chi connectivity index (χ3v) is 3.21. The van der Waals surface area contributed by atoms with Crippen LogP contribution in [0.2, 0.25) is 0 Å². The van der Waals surface area contributed by atoms with E-state index in [4.69, 9.17) is 11.6 Å². The first-order chi connectivity index (χ1) is 6.82. The molecule has 0 fully saturated rings. The van der Waals surface area contributed by atoms with Gasteiger partial charge in [0.25, 0.3) is 0 Å². The number of alkyl halides is 1. The van der Waals surface area contributed by atoms with Crippen LogP contribution in [0.4, 0.5) is 0 Å². The lowest BCUT2D eigenvalue weighted by Gasteiger charge is -2.23. The Kier molecular flexibility index (Phi) is 6.26. The smallest absolute Gasteiger partial charge is 0.225 e. The topological polar surface area (TPSA) is 29.1 Å². The van der Waals surface area contributed by atoms with Crippen LogP contribution in [0.3, 0.4) is 0 Å². The molecule has 15 heavy (non-hydrogen) atoms. The largest absolute Gasteiger partial charge is 0.354 e. The van der Waals surface area contributed by atoms with Gasteiger partial charge in [0.05, 0.1) is 5.38 Å². The van der Waals surface area contributed by atoms with Crippen molar-refractivity contribution in [3.05, 3.63) is 0 Å². The van der Waals surface area contributed by atoms with Crippen LogP contribution >= 0.6 is 11.6 Å². The van der Waals surface area contributed by atoms with E-state index < -0.39 is 0 Å². The summed E-state index contributed by atoms with van der Waals surface area (Å²) in [5.74, 6) is 0.561. The molecule has 0 bridgehead atoms. The monoisotopic (exact) mass is 233 g/mol. The molecule has 0 aromatic rings. The molecule has 0 aliphatic heterocycles. The first kappa shape index (κ1) is 14.8. The third-order valence-electron chi connectivity index (χ3n) is 2.70. The predicted octanol–water partition coefficient (Wildman–Crippen LogP) is 3.19. The Morgan fingerprint density at radius 3 is 2.07 bits per heavy atom. The number of rotatable bonds is 5. The van der Waals surface area contributed by atoms with Crippen LogP contribution in [0.1, 0.15) is 47.5 Å². The molecule has 90 valence electrons. The van der Waals surface area contributed by atoms with E-state index in [9.17, 15) is 4.79 Å². The summed E-state index contributed by atoms with van der Waals surface area (Å²) in [7, 11) is 0. The van der Waals surface area contributed by atoms with Crippen LogP contribution in [0.15, 0.2) is 0 Å². The van der Waals surface area contributed by atoms with Gasteiger partial charge >= 0.3 is 0 Å². The van der Waals surface area contributed by atoms with Gasteiger partial charge in [0.15, 0.2) is 0 Å². The third kappa shape index (κ3) is 5.41. The van der Waals surface area contributed by atoms with Crippen molar-refractivity contribution in [2.45, 2.75) is 52.8 Å². The molecule has 3 heteroatoms. The van der Waals surface area contributed by atoms with E-state index in [0.717, 1.165) is 12.8 Å². The molecule has 0 heterocycles. The molecule has 0 radical (unpaired) electrons. The highest BCUT2D eigenvalue weighted by Crippen LogP contribution is 2.18. The van der Waals surface area contributed by atoms with Crippen molar-refractivity contribution in [2.24, 2.45) is 11.3 Å². The van der Waals surface area contributed by atoms with Crippen molar-refractivity contribution in [2.75, 3.05) is 6.54 Å². The van der Waals surface area contributed by atoms with Crippen molar-refractivity contribution in [3.63, 3.8) is 0 Å². The molecule has 1 atom stereocenters. The zero-order chi connectivity index (χ0) is 12.1.